The highest BCUT2D eigenvalue weighted by atomic mass is 16.4. The molecule has 0 aliphatic rings. The van der Waals surface area contributed by atoms with E-state index in [2.05, 4.69) is 16.0 Å². The molecule has 1 atom stereocenters. The standard InChI is InChI=1S/C18H31N3O6.2CH2O/c1-12(2)15(23)6-4-11-20-16(24)9-8-14(18(26)27)21-17(25)7-5-10-19-13(3)22;2*1-2/h12,14H,4-11H2,1-3H3,(H,19,22)(H,20,24)(H,21,25)(H,26,27);2*1H2. The summed E-state index contributed by atoms with van der Waals surface area (Å²) in [6.45, 7) is 9.70. The maximum Gasteiger partial charge on any atom is 0.326 e. The molecule has 178 valence electrons. The summed E-state index contributed by atoms with van der Waals surface area (Å²) in [6.07, 6.45) is 1.35. The second-order valence-corrected chi connectivity index (χ2v) is 6.66. The van der Waals surface area contributed by atoms with Gasteiger partial charge in [0.05, 0.1) is 0 Å². The van der Waals surface area contributed by atoms with E-state index in [1.807, 2.05) is 27.4 Å². The first-order chi connectivity index (χ1) is 14.6. The van der Waals surface area contributed by atoms with Crippen LogP contribution in [0.5, 0.6) is 0 Å². The summed E-state index contributed by atoms with van der Waals surface area (Å²) in [5, 5.41) is 16.7. The molecule has 0 radical (unpaired) electrons. The van der Waals surface area contributed by atoms with Gasteiger partial charge in [-0.1, -0.05) is 13.8 Å². The second-order valence-electron chi connectivity index (χ2n) is 6.66. The third-order valence-electron chi connectivity index (χ3n) is 3.81. The number of carbonyl (C=O) groups excluding carboxylic acids is 6. The van der Waals surface area contributed by atoms with Crippen molar-refractivity contribution >= 4 is 43.1 Å². The van der Waals surface area contributed by atoms with E-state index in [9.17, 15) is 24.0 Å². The maximum absolute atomic E-state index is 11.8. The predicted molar refractivity (Wildman–Crippen MR) is 113 cm³/mol. The van der Waals surface area contributed by atoms with E-state index >= 15 is 0 Å². The van der Waals surface area contributed by atoms with Gasteiger partial charge < -0.3 is 30.6 Å². The van der Waals surface area contributed by atoms with Crippen molar-refractivity contribution in [3.8, 4) is 0 Å². The number of hydrogen-bond acceptors (Lipinski definition) is 7. The van der Waals surface area contributed by atoms with E-state index in [4.69, 9.17) is 14.7 Å². The van der Waals surface area contributed by atoms with Crippen molar-refractivity contribution in [1.29, 1.82) is 0 Å². The lowest BCUT2D eigenvalue weighted by molar-refractivity contribution is -0.142. The first-order valence-electron chi connectivity index (χ1n) is 9.77. The summed E-state index contributed by atoms with van der Waals surface area (Å²) in [5.74, 6) is -2.06. The van der Waals surface area contributed by atoms with Crippen molar-refractivity contribution in [2.75, 3.05) is 13.1 Å². The number of Topliss-reactive ketones (excluding diaryl/α,β-unsaturated/α-hetero) is 1. The number of ketones is 1. The number of nitrogens with one attached hydrogen (secondary N) is 3. The topological polar surface area (TPSA) is 176 Å². The molecule has 4 N–H and O–H groups in total. The molecule has 11 heteroatoms. The Balaban J connectivity index is -0.00000184. The van der Waals surface area contributed by atoms with Crippen LogP contribution in [0.2, 0.25) is 0 Å². The van der Waals surface area contributed by atoms with Gasteiger partial charge in [-0.25, -0.2) is 4.79 Å². The molecule has 0 aromatic heterocycles. The minimum atomic E-state index is -1.21. The lowest BCUT2D eigenvalue weighted by Gasteiger charge is -2.14. The molecule has 0 heterocycles. The lowest BCUT2D eigenvalue weighted by atomic mass is 10.0. The fraction of sp³-hybridized carbons (Fsp3) is 0.650. The Morgan fingerprint density at radius 3 is 1.81 bits per heavy atom. The smallest absolute Gasteiger partial charge is 0.326 e. The van der Waals surface area contributed by atoms with E-state index in [0.717, 1.165) is 0 Å². The van der Waals surface area contributed by atoms with Gasteiger partial charge in [0.15, 0.2) is 0 Å². The molecule has 0 aromatic carbocycles. The lowest BCUT2D eigenvalue weighted by Crippen LogP contribution is -2.41. The number of amides is 3. The van der Waals surface area contributed by atoms with Crippen LogP contribution in [0.3, 0.4) is 0 Å². The van der Waals surface area contributed by atoms with Crippen LogP contribution in [0.15, 0.2) is 0 Å². The zero-order valence-electron chi connectivity index (χ0n) is 18.5. The van der Waals surface area contributed by atoms with Gasteiger partial charge in [0, 0.05) is 45.2 Å². The van der Waals surface area contributed by atoms with Crippen LogP contribution in [0.25, 0.3) is 0 Å². The fourth-order valence-electron chi connectivity index (χ4n) is 2.18. The molecule has 0 aliphatic carbocycles. The first-order valence-corrected chi connectivity index (χ1v) is 9.77. The van der Waals surface area contributed by atoms with Gasteiger partial charge in [-0.3, -0.25) is 19.2 Å². The molecular formula is C20H35N3O8. The highest BCUT2D eigenvalue weighted by Crippen LogP contribution is 2.02. The summed E-state index contributed by atoms with van der Waals surface area (Å²) in [6, 6.07) is -1.15. The Morgan fingerprint density at radius 1 is 0.806 bits per heavy atom. The SMILES string of the molecule is C=O.C=O.CC(=O)NCCCC(=O)NC(CCC(=O)NCCCC(=O)C(C)C)C(=O)O. The Labute approximate surface area is 182 Å². The Morgan fingerprint density at radius 2 is 1.32 bits per heavy atom. The maximum atomic E-state index is 11.8. The van der Waals surface area contributed by atoms with Gasteiger partial charge in [-0.05, 0) is 19.3 Å². The zero-order valence-corrected chi connectivity index (χ0v) is 18.5. The van der Waals surface area contributed by atoms with Gasteiger partial charge >= 0.3 is 5.97 Å². The average Bonchev–Trinajstić information content (AvgIpc) is 2.73. The third kappa shape index (κ3) is 21.4. The Hall–Kier alpha value is -3.11. The zero-order chi connectivity index (χ0) is 24.8. The number of rotatable bonds is 14. The second kappa shape index (κ2) is 21.6. The van der Waals surface area contributed by atoms with E-state index in [1.54, 1.807) is 0 Å². The van der Waals surface area contributed by atoms with Crippen LogP contribution in [0.1, 0.15) is 59.3 Å². The van der Waals surface area contributed by atoms with E-state index < -0.39 is 17.9 Å². The number of carboxylic acid groups (broad SMARTS) is 1. The molecular weight excluding hydrogens is 410 g/mol. The van der Waals surface area contributed by atoms with Gasteiger partial charge in [0.1, 0.15) is 25.4 Å². The minimum absolute atomic E-state index is 0.0243. The van der Waals surface area contributed by atoms with Gasteiger partial charge in [0.25, 0.3) is 0 Å². The summed E-state index contributed by atoms with van der Waals surface area (Å²) < 4.78 is 0. The van der Waals surface area contributed by atoms with Gasteiger partial charge in [-0.15, -0.1) is 0 Å². The quantitative estimate of drug-likeness (QED) is 0.270. The number of hydrogen-bond donors (Lipinski definition) is 4. The monoisotopic (exact) mass is 445 g/mol. The molecule has 3 amide bonds. The van der Waals surface area contributed by atoms with Crippen LogP contribution in [-0.2, 0) is 33.6 Å². The average molecular weight is 446 g/mol. The Bertz CT molecular complexity index is 565. The van der Waals surface area contributed by atoms with E-state index in [-0.39, 0.29) is 42.8 Å². The third-order valence-corrected chi connectivity index (χ3v) is 3.81. The molecule has 0 aliphatic heterocycles. The molecule has 0 spiro atoms. The van der Waals surface area contributed by atoms with E-state index in [0.29, 0.717) is 32.4 Å². The molecule has 0 saturated heterocycles. The largest absolute Gasteiger partial charge is 0.480 e. The molecule has 0 bridgehead atoms. The highest BCUT2D eigenvalue weighted by molar-refractivity contribution is 5.84. The van der Waals surface area contributed by atoms with Crippen molar-refractivity contribution < 1.29 is 38.7 Å². The van der Waals surface area contributed by atoms with Gasteiger partial charge in [-0.2, -0.15) is 0 Å². The van der Waals surface area contributed by atoms with Gasteiger partial charge in [0.2, 0.25) is 17.7 Å². The molecule has 0 aromatic rings. The number of aliphatic carboxylic acids is 1. The van der Waals surface area contributed by atoms with Crippen molar-refractivity contribution in [2.45, 2.75) is 65.3 Å². The molecule has 31 heavy (non-hydrogen) atoms. The molecule has 0 rings (SSSR count). The molecule has 0 saturated carbocycles. The number of carbonyl (C=O) groups is 7. The van der Waals surface area contributed by atoms with Crippen molar-refractivity contribution in [3.63, 3.8) is 0 Å². The summed E-state index contributed by atoms with van der Waals surface area (Å²) >= 11 is 0. The number of carboxylic acids is 1. The summed E-state index contributed by atoms with van der Waals surface area (Å²) in [4.78, 5) is 72.9. The highest BCUT2D eigenvalue weighted by Gasteiger charge is 2.20. The Kier molecular flexibility index (Phi) is 22.7. The van der Waals surface area contributed by atoms with Crippen LogP contribution in [0, 0.1) is 5.92 Å². The van der Waals surface area contributed by atoms with Crippen LogP contribution in [-0.4, -0.2) is 67.3 Å². The molecule has 1 unspecified atom stereocenters. The minimum Gasteiger partial charge on any atom is -0.480 e. The first kappa shape index (κ1) is 32.6. The normalized spacial score (nSPS) is 10.3. The predicted octanol–water partition coefficient (Wildman–Crippen LogP) is 0.00400. The van der Waals surface area contributed by atoms with Crippen LogP contribution < -0.4 is 16.0 Å². The summed E-state index contributed by atoms with van der Waals surface area (Å²) in [7, 11) is 0. The van der Waals surface area contributed by atoms with Crippen LogP contribution >= 0.6 is 0 Å². The summed E-state index contributed by atoms with van der Waals surface area (Å²) in [5.41, 5.74) is 0. The van der Waals surface area contributed by atoms with Crippen molar-refractivity contribution in [1.82, 2.24) is 16.0 Å². The fourth-order valence-corrected chi connectivity index (χ4v) is 2.18. The van der Waals surface area contributed by atoms with Crippen molar-refractivity contribution in [3.05, 3.63) is 0 Å². The van der Waals surface area contributed by atoms with E-state index in [1.165, 1.54) is 6.92 Å². The molecule has 11 nitrogen and oxygen atoms in total. The molecule has 0 fully saturated rings. The van der Waals surface area contributed by atoms with Crippen molar-refractivity contribution in [2.24, 2.45) is 5.92 Å². The van der Waals surface area contributed by atoms with Crippen LogP contribution in [0.4, 0.5) is 0 Å².